The number of hydrogen-bond donors (Lipinski definition) is 2. The smallest absolute Gasteiger partial charge is 0.0340 e. The summed E-state index contributed by atoms with van der Waals surface area (Å²) in [6, 6.07) is 8.99. The summed E-state index contributed by atoms with van der Waals surface area (Å²) in [4.78, 5) is 0. The summed E-state index contributed by atoms with van der Waals surface area (Å²) in [5.74, 6) is 0.784. The van der Waals surface area contributed by atoms with E-state index in [4.69, 9.17) is 5.73 Å². The van der Waals surface area contributed by atoms with E-state index in [0.717, 1.165) is 12.5 Å². The van der Waals surface area contributed by atoms with Gasteiger partial charge in [-0.05, 0) is 37.8 Å². The summed E-state index contributed by atoms with van der Waals surface area (Å²) in [5.41, 5.74) is 8.26. The Bertz CT molecular complexity index is 286. The van der Waals surface area contributed by atoms with Crippen LogP contribution in [0.15, 0.2) is 24.3 Å². The molecule has 1 fully saturated rings. The van der Waals surface area contributed by atoms with Gasteiger partial charge in [-0.3, -0.25) is 0 Å². The highest BCUT2D eigenvalue weighted by Gasteiger charge is 2.25. The second-order valence-electron chi connectivity index (χ2n) is 4.34. The van der Waals surface area contributed by atoms with E-state index >= 15 is 0 Å². The average Bonchev–Trinajstić information content (AvgIpc) is 2.13. The Morgan fingerprint density at radius 2 is 1.93 bits per heavy atom. The molecule has 1 aliphatic carbocycles. The Kier molecular flexibility index (Phi) is 2.73. The zero-order chi connectivity index (χ0) is 9.97. The van der Waals surface area contributed by atoms with E-state index in [-0.39, 0.29) is 0 Å². The molecular formula is C12H18N2. The zero-order valence-corrected chi connectivity index (χ0v) is 8.66. The molecule has 1 saturated carbocycles. The molecule has 1 aliphatic rings. The summed E-state index contributed by atoms with van der Waals surface area (Å²) in [5, 5.41) is 3.44. The molecule has 0 spiro atoms. The van der Waals surface area contributed by atoms with Crippen molar-refractivity contribution in [1.29, 1.82) is 0 Å². The van der Waals surface area contributed by atoms with Crippen molar-refractivity contribution >= 4 is 5.69 Å². The highest BCUT2D eigenvalue weighted by atomic mass is 14.9. The van der Waals surface area contributed by atoms with Crippen molar-refractivity contribution in [3.05, 3.63) is 29.8 Å². The van der Waals surface area contributed by atoms with Gasteiger partial charge in [0.15, 0.2) is 0 Å². The fraction of sp³-hybridized carbons (Fsp3) is 0.500. The molecule has 0 unspecified atom stereocenters. The maximum absolute atomic E-state index is 5.73. The number of benzene rings is 1. The first-order valence-electron chi connectivity index (χ1n) is 5.30. The quantitative estimate of drug-likeness (QED) is 0.766. The van der Waals surface area contributed by atoms with Crippen LogP contribution in [0.1, 0.15) is 18.4 Å². The molecule has 1 aromatic carbocycles. The number of rotatable bonds is 3. The van der Waals surface area contributed by atoms with Crippen LogP contribution in [0.2, 0.25) is 0 Å². The number of nitrogens with one attached hydrogen (secondary N) is 1. The van der Waals surface area contributed by atoms with E-state index in [9.17, 15) is 0 Å². The Hall–Kier alpha value is -1.02. The molecule has 0 bridgehead atoms. The monoisotopic (exact) mass is 190 g/mol. The predicted octanol–water partition coefficient (Wildman–Crippen LogP) is 2.14. The number of hydrogen-bond acceptors (Lipinski definition) is 2. The topological polar surface area (TPSA) is 38.0 Å². The van der Waals surface area contributed by atoms with Crippen LogP contribution in [0, 0.1) is 12.8 Å². The summed E-state index contributed by atoms with van der Waals surface area (Å²) >= 11 is 0. The zero-order valence-electron chi connectivity index (χ0n) is 8.66. The Morgan fingerprint density at radius 1 is 1.29 bits per heavy atom. The Balaban J connectivity index is 1.78. The van der Waals surface area contributed by atoms with Crippen LogP contribution < -0.4 is 11.1 Å². The van der Waals surface area contributed by atoms with Crippen LogP contribution >= 0.6 is 0 Å². The second kappa shape index (κ2) is 4.01. The van der Waals surface area contributed by atoms with Crippen LogP contribution in [-0.2, 0) is 0 Å². The van der Waals surface area contributed by atoms with Crippen molar-refractivity contribution in [2.75, 3.05) is 11.9 Å². The third-order valence-corrected chi connectivity index (χ3v) is 2.92. The lowest BCUT2D eigenvalue weighted by Gasteiger charge is -2.32. The molecule has 0 atom stereocenters. The van der Waals surface area contributed by atoms with Gasteiger partial charge in [0, 0.05) is 18.3 Å². The van der Waals surface area contributed by atoms with Gasteiger partial charge in [0.2, 0.25) is 0 Å². The highest BCUT2D eigenvalue weighted by Crippen LogP contribution is 2.25. The van der Waals surface area contributed by atoms with Crippen molar-refractivity contribution in [2.24, 2.45) is 11.7 Å². The van der Waals surface area contributed by atoms with Gasteiger partial charge in [-0.1, -0.05) is 17.7 Å². The molecular weight excluding hydrogens is 172 g/mol. The van der Waals surface area contributed by atoms with Crippen molar-refractivity contribution in [1.82, 2.24) is 0 Å². The van der Waals surface area contributed by atoms with Crippen molar-refractivity contribution in [3.63, 3.8) is 0 Å². The normalized spacial score (nSPS) is 25.6. The minimum absolute atomic E-state index is 0.458. The first-order valence-corrected chi connectivity index (χ1v) is 5.30. The van der Waals surface area contributed by atoms with Crippen molar-refractivity contribution in [2.45, 2.75) is 25.8 Å². The molecule has 0 aliphatic heterocycles. The lowest BCUT2D eigenvalue weighted by atomic mass is 9.81. The molecule has 0 aromatic heterocycles. The van der Waals surface area contributed by atoms with Gasteiger partial charge < -0.3 is 11.1 Å². The largest absolute Gasteiger partial charge is 0.385 e. The molecule has 76 valence electrons. The fourth-order valence-electron chi connectivity index (χ4n) is 1.89. The molecule has 0 radical (unpaired) electrons. The molecule has 2 nitrogen and oxygen atoms in total. The van der Waals surface area contributed by atoms with E-state index in [1.807, 2.05) is 0 Å². The van der Waals surface area contributed by atoms with Crippen molar-refractivity contribution in [3.8, 4) is 0 Å². The van der Waals surface area contributed by atoms with Gasteiger partial charge in [-0.25, -0.2) is 0 Å². The van der Waals surface area contributed by atoms with Crippen molar-refractivity contribution < 1.29 is 0 Å². The SMILES string of the molecule is Cc1ccc(NCC2CC(N)C2)cc1. The number of anilines is 1. The van der Waals surface area contributed by atoms with Gasteiger partial charge in [0.05, 0.1) is 0 Å². The average molecular weight is 190 g/mol. The first kappa shape index (κ1) is 9.53. The van der Waals surface area contributed by atoms with Crippen LogP contribution in [0.4, 0.5) is 5.69 Å². The molecule has 3 N–H and O–H groups in total. The third kappa shape index (κ3) is 2.26. The van der Waals surface area contributed by atoms with Crippen LogP contribution in [0.5, 0.6) is 0 Å². The molecule has 2 heteroatoms. The molecule has 2 rings (SSSR count). The van der Waals surface area contributed by atoms with Gasteiger partial charge >= 0.3 is 0 Å². The Labute approximate surface area is 85.5 Å². The molecule has 0 amide bonds. The lowest BCUT2D eigenvalue weighted by Crippen LogP contribution is -2.39. The highest BCUT2D eigenvalue weighted by molar-refractivity contribution is 5.44. The second-order valence-corrected chi connectivity index (χ2v) is 4.34. The van der Waals surface area contributed by atoms with Gasteiger partial charge in [-0.2, -0.15) is 0 Å². The van der Waals surface area contributed by atoms with E-state index in [1.54, 1.807) is 0 Å². The third-order valence-electron chi connectivity index (χ3n) is 2.92. The first-order chi connectivity index (χ1) is 6.74. The van der Waals surface area contributed by atoms with Gasteiger partial charge in [0.1, 0.15) is 0 Å². The number of nitrogens with two attached hydrogens (primary N) is 1. The van der Waals surface area contributed by atoms with E-state index in [2.05, 4.69) is 36.5 Å². The minimum atomic E-state index is 0.458. The van der Waals surface area contributed by atoms with Gasteiger partial charge in [-0.15, -0.1) is 0 Å². The van der Waals surface area contributed by atoms with E-state index in [0.29, 0.717) is 6.04 Å². The van der Waals surface area contributed by atoms with E-state index < -0.39 is 0 Å². The summed E-state index contributed by atoms with van der Waals surface area (Å²) in [7, 11) is 0. The summed E-state index contributed by atoms with van der Waals surface area (Å²) < 4.78 is 0. The standard InChI is InChI=1S/C12H18N2/c1-9-2-4-12(5-3-9)14-8-10-6-11(13)7-10/h2-5,10-11,14H,6-8,13H2,1H3. The van der Waals surface area contributed by atoms with E-state index in [1.165, 1.54) is 24.1 Å². The summed E-state index contributed by atoms with van der Waals surface area (Å²) in [6.07, 6.45) is 2.36. The van der Waals surface area contributed by atoms with Crippen LogP contribution in [-0.4, -0.2) is 12.6 Å². The Morgan fingerprint density at radius 3 is 2.50 bits per heavy atom. The molecule has 0 saturated heterocycles. The molecule has 1 aromatic rings. The van der Waals surface area contributed by atoms with Crippen LogP contribution in [0.25, 0.3) is 0 Å². The molecule has 14 heavy (non-hydrogen) atoms. The molecule has 0 heterocycles. The van der Waals surface area contributed by atoms with Crippen LogP contribution in [0.3, 0.4) is 0 Å². The van der Waals surface area contributed by atoms with Gasteiger partial charge in [0.25, 0.3) is 0 Å². The maximum atomic E-state index is 5.73. The predicted molar refractivity (Wildman–Crippen MR) is 60.4 cm³/mol. The maximum Gasteiger partial charge on any atom is 0.0340 e. The minimum Gasteiger partial charge on any atom is -0.385 e. The lowest BCUT2D eigenvalue weighted by molar-refractivity contribution is 0.280. The fourth-order valence-corrected chi connectivity index (χ4v) is 1.89. The number of aryl methyl sites for hydroxylation is 1. The summed E-state index contributed by atoms with van der Waals surface area (Å²) in [6.45, 7) is 3.17.